The first-order valence-electron chi connectivity index (χ1n) is 4.88. The highest BCUT2D eigenvalue weighted by atomic mass is 32.2. The van der Waals surface area contributed by atoms with Crippen LogP contribution in [0.25, 0.3) is 0 Å². The SMILES string of the molecule is CO[P+](=O)OS(=O)(=O)c1c(C)cccc1SC(F)(F)F. The topological polar surface area (TPSA) is 69.7 Å². The number of halogens is 3. The van der Waals surface area contributed by atoms with E-state index in [2.05, 4.69) is 8.49 Å². The molecule has 0 saturated carbocycles. The zero-order valence-electron chi connectivity index (χ0n) is 10.2. The predicted octanol–water partition coefficient (Wildman–Crippen LogP) is 3.62. The fourth-order valence-corrected chi connectivity index (χ4v) is 4.34. The summed E-state index contributed by atoms with van der Waals surface area (Å²) in [6, 6.07) is 3.57. The molecule has 1 aromatic carbocycles. The Morgan fingerprint density at radius 1 is 1.30 bits per heavy atom. The molecule has 20 heavy (non-hydrogen) atoms. The summed E-state index contributed by atoms with van der Waals surface area (Å²) in [7, 11) is -6.67. The lowest BCUT2D eigenvalue weighted by Crippen LogP contribution is -2.08. The molecule has 112 valence electrons. The lowest BCUT2D eigenvalue weighted by Gasteiger charge is -2.11. The minimum Gasteiger partial charge on any atom is -0.190 e. The number of alkyl halides is 3. The van der Waals surface area contributed by atoms with Gasteiger partial charge >= 0.3 is 23.9 Å². The first kappa shape index (κ1) is 17.4. The maximum atomic E-state index is 12.4. The number of aryl methyl sites for hydroxylation is 1. The molecule has 0 amide bonds. The zero-order valence-corrected chi connectivity index (χ0v) is 12.7. The Morgan fingerprint density at radius 2 is 1.90 bits per heavy atom. The molecule has 0 aliphatic heterocycles. The third kappa shape index (κ3) is 4.71. The Balaban J connectivity index is 3.32. The van der Waals surface area contributed by atoms with Crippen molar-refractivity contribution in [3.63, 3.8) is 0 Å². The number of hydrogen-bond donors (Lipinski definition) is 0. The second kappa shape index (κ2) is 6.40. The van der Waals surface area contributed by atoms with Gasteiger partial charge in [-0.1, -0.05) is 12.1 Å². The van der Waals surface area contributed by atoms with Crippen molar-refractivity contribution in [1.29, 1.82) is 0 Å². The summed E-state index contributed by atoms with van der Waals surface area (Å²) in [6.07, 6.45) is 0. The molecule has 0 aromatic heterocycles. The monoisotopic (exact) mass is 349 g/mol. The molecule has 1 atom stereocenters. The molecule has 0 fully saturated rings. The molecule has 1 unspecified atom stereocenters. The molecule has 0 saturated heterocycles. The van der Waals surface area contributed by atoms with Crippen LogP contribution in [0.5, 0.6) is 0 Å². The van der Waals surface area contributed by atoms with Crippen molar-refractivity contribution in [1.82, 2.24) is 0 Å². The Kier molecular flexibility index (Phi) is 5.56. The van der Waals surface area contributed by atoms with Crippen molar-refractivity contribution < 1.29 is 34.6 Å². The van der Waals surface area contributed by atoms with E-state index < -0.39 is 45.4 Å². The Bertz CT molecular complexity index is 614. The van der Waals surface area contributed by atoms with Crippen LogP contribution >= 0.6 is 20.0 Å². The van der Waals surface area contributed by atoms with E-state index in [1.165, 1.54) is 19.1 Å². The minimum absolute atomic E-state index is 0.0405. The van der Waals surface area contributed by atoms with Gasteiger partial charge < -0.3 is 0 Å². The fourth-order valence-electron chi connectivity index (χ4n) is 1.30. The van der Waals surface area contributed by atoms with Crippen LogP contribution in [0.15, 0.2) is 28.0 Å². The highest BCUT2D eigenvalue weighted by Gasteiger charge is 2.38. The first-order chi connectivity index (χ1) is 9.07. The fraction of sp³-hybridized carbons (Fsp3) is 0.333. The van der Waals surface area contributed by atoms with Gasteiger partial charge in [0.2, 0.25) is 0 Å². The van der Waals surface area contributed by atoms with E-state index in [1.54, 1.807) is 0 Å². The van der Waals surface area contributed by atoms with Crippen molar-refractivity contribution in [2.75, 3.05) is 7.11 Å². The standard InChI is InChI=1S/C9H9F3O5PS2/c1-6-4-3-5-7(19-9(10,11)12)8(6)20(14,15)17-18(13)16-2/h3-5H,1-2H3/q+1. The van der Waals surface area contributed by atoms with E-state index in [0.29, 0.717) is 0 Å². The molecule has 0 spiro atoms. The first-order valence-corrected chi connectivity index (χ1v) is 8.20. The van der Waals surface area contributed by atoms with Crippen molar-refractivity contribution in [3.8, 4) is 0 Å². The number of benzene rings is 1. The summed E-state index contributed by atoms with van der Waals surface area (Å²) in [6.45, 7) is 1.30. The smallest absolute Gasteiger partial charge is 0.190 e. The lowest BCUT2D eigenvalue weighted by molar-refractivity contribution is -0.0328. The van der Waals surface area contributed by atoms with Gasteiger partial charge in [-0.05, 0) is 30.3 Å². The highest BCUT2D eigenvalue weighted by Crippen LogP contribution is 2.42. The van der Waals surface area contributed by atoms with Gasteiger partial charge in [-0.3, -0.25) is 0 Å². The van der Waals surface area contributed by atoms with Gasteiger partial charge in [-0.15, -0.1) is 4.52 Å². The van der Waals surface area contributed by atoms with Crippen LogP contribution < -0.4 is 0 Å². The maximum absolute atomic E-state index is 12.4. The largest absolute Gasteiger partial charge is 0.714 e. The van der Waals surface area contributed by atoms with Crippen LogP contribution in [-0.4, -0.2) is 21.0 Å². The summed E-state index contributed by atoms with van der Waals surface area (Å²) < 4.78 is 80.3. The van der Waals surface area contributed by atoms with Crippen LogP contribution in [0.3, 0.4) is 0 Å². The summed E-state index contributed by atoms with van der Waals surface area (Å²) in [5, 5.41) is 0. The third-order valence-electron chi connectivity index (χ3n) is 1.96. The van der Waals surface area contributed by atoms with Crippen LogP contribution in [0.4, 0.5) is 13.2 Å². The Morgan fingerprint density at radius 3 is 2.40 bits per heavy atom. The summed E-state index contributed by atoms with van der Waals surface area (Å²) in [4.78, 5) is -1.24. The predicted molar refractivity (Wildman–Crippen MR) is 66.0 cm³/mol. The summed E-state index contributed by atoms with van der Waals surface area (Å²) in [5.41, 5.74) is -4.62. The zero-order chi connectivity index (χ0) is 15.6. The molecule has 0 N–H and O–H groups in total. The van der Waals surface area contributed by atoms with E-state index in [-0.39, 0.29) is 5.56 Å². The molecular formula is C9H9F3O5PS2+. The van der Waals surface area contributed by atoms with Crippen molar-refractivity contribution >= 4 is 30.1 Å². The molecule has 0 heterocycles. The molecule has 5 nitrogen and oxygen atoms in total. The highest BCUT2D eigenvalue weighted by molar-refractivity contribution is 8.01. The second-order valence-electron chi connectivity index (χ2n) is 3.38. The van der Waals surface area contributed by atoms with Gasteiger partial charge in [0.05, 0.1) is 7.11 Å². The van der Waals surface area contributed by atoms with Crippen LogP contribution in [-0.2, 0) is 23.2 Å². The summed E-state index contributed by atoms with van der Waals surface area (Å²) in [5.74, 6) is 0. The lowest BCUT2D eigenvalue weighted by atomic mass is 10.2. The maximum Gasteiger partial charge on any atom is 0.714 e. The van der Waals surface area contributed by atoms with Gasteiger partial charge in [-0.2, -0.15) is 21.6 Å². The molecule has 0 aliphatic carbocycles. The van der Waals surface area contributed by atoms with Crippen LogP contribution in [0, 0.1) is 6.92 Å². The number of rotatable bonds is 5. The van der Waals surface area contributed by atoms with E-state index in [4.69, 9.17) is 0 Å². The second-order valence-corrected chi connectivity index (χ2v) is 7.22. The van der Waals surface area contributed by atoms with Gasteiger partial charge in [0.1, 0.15) is 4.90 Å². The molecule has 11 heteroatoms. The normalized spacial score (nSPS) is 13.3. The molecule has 0 aliphatic rings. The van der Waals surface area contributed by atoms with E-state index in [1.807, 2.05) is 0 Å². The number of thioether (sulfide) groups is 1. The molecule has 0 radical (unpaired) electrons. The summed E-state index contributed by atoms with van der Waals surface area (Å²) >= 11 is -0.592. The third-order valence-corrected chi connectivity index (χ3v) is 5.49. The van der Waals surface area contributed by atoms with E-state index in [0.717, 1.165) is 13.2 Å². The average Bonchev–Trinajstić information content (AvgIpc) is 2.25. The average molecular weight is 349 g/mol. The van der Waals surface area contributed by atoms with Crippen molar-refractivity contribution in [2.45, 2.75) is 22.2 Å². The molecule has 1 rings (SSSR count). The molecule has 1 aromatic rings. The van der Waals surface area contributed by atoms with Crippen LogP contribution in [0.2, 0.25) is 0 Å². The Hall–Kier alpha value is -0.670. The van der Waals surface area contributed by atoms with Gasteiger partial charge in [-0.25, -0.2) is 0 Å². The number of hydrogen-bond acceptors (Lipinski definition) is 6. The van der Waals surface area contributed by atoms with Gasteiger partial charge in [0.25, 0.3) is 0 Å². The van der Waals surface area contributed by atoms with E-state index >= 15 is 0 Å². The van der Waals surface area contributed by atoms with E-state index in [9.17, 15) is 26.2 Å². The van der Waals surface area contributed by atoms with Crippen LogP contribution in [0.1, 0.15) is 5.56 Å². The van der Waals surface area contributed by atoms with Gasteiger partial charge in [0, 0.05) is 13.4 Å². The van der Waals surface area contributed by atoms with Crippen molar-refractivity contribution in [2.24, 2.45) is 0 Å². The quantitative estimate of drug-likeness (QED) is 0.597. The van der Waals surface area contributed by atoms with Crippen molar-refractivity contribution in [3.05, 3.63) is 23.8 Å². The Labute approximate surface area is 118 Å². The minimum atomic E-state index is -4.67. The molecular weight excluding hydrogens is 340 g/mol. The van der Waals surface area contributed by atoms with Gasteiger partial charge in [0.15, 0.2) is 0 Å². The molecule has 0 bridgehead atoms.